The predicted molar refractivity (Wildman–Crippen MR) is 98.8 cm³/mol. The van der Waals surface area contributed by atoms with Crippen LogP contribution in [0.25, 0.3) is 0 Å². The first-order chi connectivity index (χ1) is 12.1. The number of halogens is 1. The van der Waals surface area contributed by atoms with E-state index in [0.29, 0.717) is 5.75 Å². The molecule has 0 spiro atoms. The molecule has 0 aliphatic carbocycles. The summed E-state index contributed by atoms with van der Waals surface area (Å²) in [6.07, 6.45) is 0. The van der Waals surface area contributed by atoms with Gasteiger partial charge >= 0.3 is 5.97 Å². The summed E-state index contributed by atoms with van der Waals surface area (Å²) in [5.74, 6) is 0.263. The van der Waals surface area contributed by atoms with Crippen LogP contribution in [-0.2, 0) is 11.5 Å². The van der Waals surface area contributed by atoms with E-state index in [1.165, 1.54) is 23.5 Å². The second kappa shape index (κ2) is 8.46. The van der Waals surface area contributed by atoms with Crippen molar-refractivity contribution in [2.24, 2.45) is 0 Å². The number of aromatic carboxylic acids is 1. The molecule has 0 aliphatic rings. The molecule has 8 heteroatoms. The lowest BCUT2D eigenvalue weighted by molar-refractivity contribution is 0.0697. The van der Waals surface area contributed by atoms with Crippen LogP contribution in [0.3, 0.4) is 0 Å². The third-order valence-electron chi connectivity index (χ3n) is 3.23. The van der Waals surface area contributed by atoms with E-state index in [1.807, 2.05) is 12.1 Å². The predicted octanol–water partition coefficient (Wildman–Crippen LogP) is 4.96. The number of thioether (sulfide) groups is 2. The van der Waals surface area contributed by atoms with E-state index in [1.54, 1.807) is 47.8 Å². The average molecular weight is 393 g/mol. The molecule has 3 rings (SSSR count). The molecule has 0 amide bonds. The van der Waals surface area contributed by atoms with Crippen LogP contribution in [0.5, 0.6) is 0 Å². The standard InChI is InChI=1S/C17H13FN2O2S3/c18-14-7-3-12(4-8-14)10-24-17-20-19-16(25-17)23-9-11-1-5-13(6-2-11)15(21)22/h1-8H,9-10H2,(H,21,22). The molecule has 1 aromatic heterocycles. The number of rotatable bonds is 7. The Hall–Kier alpha value is -1.90. The summed E-state index contributed by atoms with van der Waals surface area (Å²) in [4.78, 5) is 10.8. The number of hydrogen-bond acceptors (Lipinski definition) is 6. The van der Waals surface area contributed by atoms with E-state index < -0.39 is 5.97 Å². The van der Waals surface area contributed by atoms with Gasteiger partial charge < -0.3 is 5.11 Å². The van der Waals surface area contributed by atoms with Gasteiger partial charge in [0.2, 0.25) is 0 Å². The highest BCUT2D eigenvalue weighted by Crippen LogP contribution is 2.32. The molecule has 3 aromatic rings. The fourth-order valence-electron chi connectivity index (χ4n) is 1.93. The first-order valence-electron chi connectivity index (χ1n) is 7.26. The van der Waals surface area contributed by atoms with E-state index in [0.717, 1.165) is 25.6 Å². The Bertz CT molecular complexity index is 851. The van der Waals surface area contributed by atoms with Gasteiger partial charge in [0.05, 0.1) is 5.56 Å². The molecule has 0 saturated heterocycles. The minimum Gasteiger partial charge on any atom is -0.478 e. The zero-order chi connectivity index (χ0) is 17.6. The maximum atomic E-state index is 12.9. The van der Waals surface area contributed by atoms with Crippen molar-refractivity contribution in [1.82, 2.24) is 10.2 Å². The van der Waals surface area contributed by atoms with Crippen LogP contribution in [0.1, 0.15) is 21.5 Å². The number of carboxylic acid groups (broad SMARTS) is 1. The van der Waals surface area contributed by atoms with Crippen molar-refractivity contribution in [3.05, 3.63) is 71.0 Å². The Balaban J connectivity index is 1.51. The van der Waals surface area contributed by atoms with Gasteiger partial charge in [0.25, 0.3) is 0 Å². The van der Waals surface area contributed by atoms with E-state index in [-0.39, 0.29) is 11.4 Å². The fraction of sp³-hybridized carbons (Fsp3) is 0.118. The summed E-state index contributed by atoms with van der Waals surface area (Å²) < 4.78 is 14.6. The average Bonchev–Trinajstić information content (AvgIpc) is 3.08. The SMILES string of the molecule is O=C(O)c1ccc(CSc2nnc(SCc3ccc(F)cc3)s2)cc1. The van der Waals surface area contributed by atoms with Crippen molar-refractivity contribution in [1.29, 1.82) is 0 Å². The second-order valence-corrected chi connectivity index (χ2v) is 8.46. The zero-order valence-corrected chi connectivity index (χ0v) is 15.3. The number of nitrogens with zero attached hydrogens (tertiary/aromatic N) is 2. The van der Waals surface area contributed by atoms with Gasteiger partial charge in [-0.25, -0.2) is 9.18 Å². The topological polar surface area (TPSA) is 63.1 Å². The number of aromatic nitrogens is 2. The summed E-state index contributed by atoms with van der Waals surface area (Å²) in [6.45, 7) is 0. The summed E-state index contributed by atoms with van der Waals surface area (Å²) in [5, 5.41) is 17.2. The zero-order valence-electron chi connectivity index (χ0n) is 12.9. The third-order valence-corrected chi connectivity index (χ3v) is 6.56. The van der Waals surface area contributed by atoms with Crippen LogP contribution < -0.4 is 0 Å². The maximum Gasteiger partial charge on any atom is 0.335 e. The Morgan fingerprint density at radius 2 is 1.40 bits per heavy atom. The van der Waals surface area contributed by atoms with Crippen molar-refractivity contribution >= 4 is 40.8 Å². The fourth-order valence-corrected chi connectivity index (χ4v) is 4.86. The molecule has 0 atom stereocenters. The van der Waals surface area contributed by atoms with Crippen molar-refractivity contribution in [2.45, 2.75) is 20.2 Å². The second-order valence-electron chi connectivity index (χ2n) is 5.04. The molecule has 1 heterocycles. The molecule has 4 nitrogen and oxygen atoms in total. The van der Waals surface area contributed by atoms with Gasteiger partial charge in [0, 0.05) is 11.5 Å². The van der Waals surface area contributed by atoms with Gasteiger partial charge in [-0.15, -0.1) is 10.2 Å². The van der Waals surface area contributed by atoms with Gasteiger partial charge in [-0.1, -0.05) is 59.1 Å². The lowest BCUT2D eigenvalue weighted by Gasteiger charge is -1.99. The summed E-state index contributed by atoms with van der Waals surface area (Å²) in [5.41, 5.74) is 2.35. The van der Waals surface area contributed by atoms with Gasteiger partial charge in [-0.05, 0) is 35.4 Å². The minimum atomic E-state index is -0.925. The number of carboxylic acids is 1. The van der Waals surface area contributed by atoms with Crippen molar-refractivity contribution in [3.8, 4) is 0 Å². The normalized spacial score (nSPS) is 10.8. The van der Waals surface area contributed by atoms with Gasteiger partial charge in [-0.2, -0.15) is 0 Å². The van der Waals surface area contributed by atoms with Crippen LogP contribution >= 0.6 is 34.9 Å². The summed E-state index contributed by atoms with van der Waals surface area (Å²) in [6, 6.07) is 13.2. The Kier molecular flexibility index (Phi) is 6.06. The first-order valence-corrected chi connectivity index (χ1v) is 10.0. The van der Waals surface area contributed by atoms with E-state index >= 15 is 0 Å². The quantitative estimate of drug-likeness (QED) is 0.574. The lowest BCUT2D eigenvalue weighted by Crippen LogP contribution is -1.95. The van der Waals surface area contributed by atoms with E-state index in [2.05, 4.69) is 10.2 Å². The molecule has 1 N–H and O–H groups in total. The molecule has 0 unspecified atom stereocenters. The van der Waals surface area contributed by atoms with Crippen LogP contribution in [0.15, 0.2) is 57.2 Å². The minimum absolute atomic E-state index is 0.236. The van der Waals surface area contributed by atoms with Gasteiger partial charge in [-0.3, -0.25) is 0 Å². The van der Waals surface area contributed by atoms with Gasteiger partial charge in [0.15, 0.2) is 8.68 Å². The van der Waals surface area contributed by atoms with E-state index in [9.17, 15) is 9.18 Å². The van der Waals surface area contributed by atoms with Crippen LogP contribution in [0, 0.1) is 5.82 Å². The molecule has 25 heavy (non-hydrogen) atoms. The van der Waals surface area contributed by atoms with Gasteiger partial charge in [0.1, 0.15) is 5.82 Å². The van der Waals surface area contributed by atoms with Crippen molar-refractivity contribution < 1.29 is 14.3 Å². The Morgan fingerprint density at radius 3 is 1.88 bits per heavy atom. The largest absolute Gasteiger partial charge is 0.478 e. The van der Waals surface area contributed by atoms with Crippen molar-refractivity contribution in [3.63, 3.8) is 0 Å². The Morgan fingerprint density at radius 1 is 0.920 bits per heavy atom. The molecule has 2 aromatic carbocycles. The van der Waals surface area contributed by atoms with Crippen LogP contribution in [0.2, 0.25) is 0 Å². The molecular formula is C17H13FN2O2S3. The number of benzene rings is 2. The highest BCUT2D eigenvalue weighted by molar-refractivity contribution is 8.02. The highest BCUT2D eigenvalue weighted by Gasteiger charge is 2.07. The molecule has 0 fully saturated rings. The lowest BCUT2D eigenvalue weighted by atomic mass is 10.1. The molecule has 0 bridgehead atoms. The maximum absolute atomic E-state index is 12.9. The van der Waals surface area contributed by atoms with E-state index in [4.69, 9.17) is 5.11 Å². The smallest absolute Gasteiger partial charge is 0.335 e. The summed E-state index contributed by atoms with van der Waals surface area (Å²) in [7, 11) is 0. The summed E-state index contributed by atoms with van der Waals surface area (Å²) >= 11 is 4.66. The number of carbonyl (C=O) groups is 1. The highest BCUT2D eigenvalue weighted by atomic mass is 32.2. The number of hydrogen-bond donors (Lipinski definition) is 1. The molecular weight excluding hydrogens is 379 g/mol. The molecule has 128 valence electrons. The Labute approximate surface area is 156 Å². The molecule has 0 radical (unpaired) electrons. The van der Waals surface area contributed by atoms with Crippen molar-refractivity contribution in [2.75, 3.05) is 0 Å². The van der Waals surface area contributed by atoms with Crippen LogP contribution in [-0.4, -0.2) is 21.3 Å². The molecule has 0 aliphatic heterocycles. The molecule has 0 saturated carbocycles. The first kappa shape index (κ1) is 17.9. The monoisotopic (exact) mass is 392 g/mol. The third kappa shape index (κ3) is 5.29. The van der Waals surface area contributed by atoms with Crippen LogP contribution in [0.4, 0.5) is 4.39 Å².